The predicted molar refractivity (Wildman–Crippen MR) is 95.2 cm³/mol. The fraction of sp³-hybridized carbons (Fsp3) is 0.222. The van der Waals surface area contributed by atoms with Crippen LogP contribution in [0.3, 0.4) is 0 Å². The molecule has 116 valence electrons. The van der Waals surface area contributed by atoms with Gasteiger partial charge in [-0.05, 0) is 36.4 Å². The lowest BCUT2D eigenvalue weighted by atomic mass is 10.2. The fourth-order valence-electron chi connectivity index (χ4n) is 2.95. The van der Waals surface area contributed by atoms with Crippen molar-refractivity contribution in [1.29, 1.82) is 0 Å². The Hall–Kier alpha value is -2.27. The Balaban J connectivity index is 1.72. The monoisotopic (exact) mass is 323 g/mol. The van der Waals surface area contributed by atoms with E-state index >= 15 is 0 Å². The van der Waals surface area contributed by atoms with Crippen LogP contribution < -0.4 is 10.5 Å². The Kier molecular flexibility index (Phi) is 3.79. The number of nitrogens with one attached hydrogen (secondary N) is 1. The van der Waals surface area contributed by atoms with E-state index in [-0.39, 0.29) is 5.56 Å². The first-order valence-corrected chi connectivity index (χ1v) is 8.74. The number of anilines is 1. The maximum absolute atomic E-state index is 12.2. The summed E-state index contributed by atoms with van der Waals surface area (Å²) in [5, 5.41) is 0.642. The summed E-state index contributed by atoms with van der Waals surface area (Å²) >= 11 is 1.90. The van der Waals surface area contributed by atoms with Gasteiger partial charge in [-0.3, -0.25) is 4.79 Å². The van der Waals surface area contributed by atoms with Gasteiger partial charge >= 0.3 is 0 Å². The lowest BCUT2D eigenvalue weighted by Crippen LogP contribution is -2.26. The SMILES string of the molecule is O=c1[nH]c(CN2CCCSc3ccccc32)nc2ccccc12. The summed E-state index contributed by atoms with van der Waals surface area (Å²) in [5.74, 6) is 1.84. The summed E-state index contributed by atoms with van der Waals surface area (Å²) in [5.41, 5.74) is 1.91. The minimum atomic E-state index is -0.0666. The van der Waals surface area contributed by atoms with Crippen LogP contribution in [0.25, 0.3) is 10.9 Å². The Morgan fingerprint density at radius 3 is 2.91 bits per heavy atom. The average molecular weight is 323 g/mol. The molecule has 0 saturated heterocycles. The van der Waals surface area contributed by atoms with E-state index in [1.165, 1.54) is 10.6 Å². The molecule has 2 aromatic carbocycles. The van der Waals surface area contributed by atoms with Crippen molar-refractivity contribution >= 4 is 28.4 Å². The number of aromatic nitrogens is 2. The summed E-state index contributed by atoms with van der Waals surface area (Å²) < 4.78 is 0. The third-order valence-electron chi connectivity index (χ3n) is 4.04. The number of benzene rings is 2. The number of hydrogen-bond acceptors (Lipinski definition) is 4. The maximum atomic E-state index is 12.2. The fourth-order valence-corrected chi connectivity index (χ4v) is 3.97. The van der Waals surface area contributed by atoms with Crippen molar-refractivity contribution in [2.24, 2.45) is 0 Å². The second-order valence-electron chi connectivity index (χ2n) is 5.62. The molecule has 2 heterocycles. The quantitative estimate of drug-likeness (QED) is 0.785. The lowest BCUT2D eigenvalue weighted by molar-refractivity contribution is 0.739. The molecule has 0 fully saturated rings. The summed E-state index contributed by atoms with van der Waals surface area (Å²) in [7, 11) is 0. The molecule has 4 rings (SSSR count). The zero-order chi connectivity index (χ0) is 15.6. The number of nitrogens with zero attached hydrogens (tertiary/aromatic N) is 2. The van der Waals surface area contributed by atoms with E-state index in [1.807, 2.05) is 36.0 Å². The number of para-hydroxylation sites is 2. The van der Waals surface area contributed by atoms with Gasteiger partial charge in [-0.15, -0.1) is 11.8 Å². The largest absolute Gasteiger partial charge is 0.363 e. The van der Waals surface area contributed by atoms with Crippen LogP contribution in [-0.4, -0.2) is 22.3 Å². The molecule has 1 aliphatic rings. The lowest BCUT2D eigenvalue weighted by Gasteiger charge is -2.23. The highest BCUT2D eigenvalue weighted by molar-refractivity contribution is 7.99. The molecule has 4 nitrogen and oxygen atoms in total. The first kappa shape index (κ1) is 14.3. The van der Waals surface area contributed by atoms with Gasteiger partial charge in [-0.25, -0.2) is 4.98 Å². The molecular weight excluding hydrogens is 306 g/mol. The number of hydrogen-bond donors (Lipinski definition) is 1. The molecule has 3 aromatic rings. The Morgan fingerprint density at radius 1 is 1.13 bits per heavy atom. The Morgan fingerprint density at radius 2 is 1.96 bits per heavy atom. The van der Waals surface area contributed by atoms with Gasteiger partial charge in [0.1, 0.15) is 5.82 Å². The van der Waals surface area contributed by atoms with Crippen LogP contribution in [0.1, 0.15) is 12.2 Å². The van der Waals surface area contributed by atoms with Gasteiger partial charge in [0.25, 0.3) is 5.56 Å². The van der Waals surface area contributed by atoms with Crippen molar-refractivity contribution < 1.29 is 0 Å². The van der Waals surface area contributed by atoms with E-state index in [0.717, 1.165) is 30.1 Å². The molecular formula is C18H17N3OS. The topological polar surface area (TPSA) is 49.0 Å². The molecule has 0 bridgehead atoms. The molecule has 1 aromatic heterocycles. The molecule has 0 spiro atoms. The van der Waals surface area contributed by atoms with E-state index in [9.17, 15) is 4.79 Å². The zero-order valence-electron chi connectivity index (χ0n) is 12.7. The highest BCUT2D eigenvalue weighted by atomic mass is 32.2. The highest BCUT2D eigenvalue weighted by Gasteiger charge is 2.16. The number of aromatic amines is 1. The van der Waals surface area contributed by atoms with Crippen LogP contribution in [0.4, 0.5) is 5.69 Å². The van der Waals surface area contributed by atoms with Crippen LogP contribution >= 0.6 is 11.8 Å². The summed E-state index contributed by atoms with van der Waals surface area (Å²) in [4.78, 5) is 23.4. The van der Waals surface area contributed by atoms with Gasteiger partial charge in [0.2, 0.25) is 0 Å². The number of fused-ring (bicyclic) bond motifs is 2. The van der Waals surface area contributed by atoms with E-state index < -0.39 is 0 Å². The normalized spacial score (nSPS) is 14.5. The minimum absolute atomic E-state index is 0.0666. The van der Waals surface area contributed by atoms with E-state index in [1.54, 1.807) is 0 Å². The maximum Gasteiger partial charge on any atom is 0.258 e. The Labute approximate surface area is 138 Å². The summed E-state index contributed by atoms with van der Waals surface area (Å²) in [6.45, 7) is 1.60. The number of rotatable bonds is 2. The molecule has 0 atom stereocenters. The molecule has 0 amide bonds. The number of thioether (sulfide) groups is 1. The van der Waals surface area contributed by atoms with Crippen molar-refractivity contribution in [2.45, 2.75) is 17.9 Å². The standard InChI is InChI=1S/C18H17N3OS/c22-18-13-6-1-2-7-14(13)19-17(20-18)12-21-10-5-11-23-16-9-4-3-8-15(16)21/h1-4,6-9H,5,10-12H2,(H,19,20,22). The second kappa shape index (κ2) is 6.08. The van der Waals surface area contributed by atoms with Gasteiger partial charge in [0.15, 0.2) is 0 Å². The van der Waals surface area contributed by atoms with Crippen LogP contribution in [0.15, 0.2) is 58.2 Å². The van der Waals surface area contributed by atoms with Crippen LogP contribution in [0, 0.1) is 0 Å². The predicted octanol–water partition coefficient (Wildman–Crippen LogP) is 3.43. The van der Waals surface area contributed by atoms with Crippen molar-refractivity contribution in [1.82, 2.24) is 9.97 Å². The van der Waals surface area contributed by atoms with Crippen LogP contribution in [-0.2, 0) is 6.54 Å². The molecule has 0 radical (unpaired) electrons. The molecule has 0 unspecified atom stereocenters. The van der Waals surface area contributed by atoms with Gasteiger partial charge in [0.05, 0.1) is 23.1 Å². The van der Waals surface area contributed by atoms with Gasteiger partial charge in [0, 0.05) is 11.4 Å². The van der Waals surface area contributed by atoms with Gasteiger partial charge in [-0.1, -0.05) is 24.3 Å². The first-order chi connectivity index (χ1) is 11.3. The van der Waals surface area contributed by atoms with Crippen molar-refractivity contribution in [3.05, 3.63) is 64.7 Å². The smallest absolute Gasteiger partial charge is 0.258 e. The minimum Gasteiger partial charge on any atom is -0.363 e. The van der Waals surface area contributed by atoms with Crippen LogP contribution in [0.5, 0.6) is 0 Å². The van der Waals surface area contributed by atoms with Gasteiger partial charge < -0.3 is 9.88 Å². The second-order valence-corrected chi connectivity index (χ2v) is 6.76. The van der Waals surface area contributed by atoms with Crippen molar-refractivity contribution in [3.63, 3.8) is 0 Å². The third kappa shape index (κ3) is 2.84. The van der Waals surface area contributed by atoms with E-state index in [2.05, 4.69) is 39.1 Å². The average Bonchev–Trinajstić information content (AvgIpc) is 2.78. The summed E-state index contributed by atoms with van der Waals surface area (Å²) in [6.07, 6.45) is 1.12. The van der Waals surface area contributed by atoms with Crippen molar-refractivity contribution in [3.8, 4) is 0 Å². The molecule has 0 saturated carbocycles. The summed E-state index contributed by atoms with van der Waals surface area (Å²) in [6, 6.07) is 15.9. The first-order valence-electron chi connectivity index (χ1n) is 7.76. The zero-order valence-corrected chi connectivity index (χ0v) is 13.5. The third-order valence-corrected chi connectivity index (χ3v) is 5.19. The molecule has 1 N–H and O–H groups in total. The number of H-pyrrole nitrogens is 1. The molecule has 1 aliphatic heterocycles. The highest BCUT2D eigenvalue weighted by Crippen LogP contribution is 2.34. The van der Waals surface area contributed by atoms with Gasteiger partial charge in [-0.2, -0.15) is 0 Å². The Bertz CT molecular complexity index is 906. The van der Waals surface area contributed by atoms with E-state index in [0.29, 0.717) is 11.9 Å². The van der Waals surface area contributed by atoms with Crippen LogP contribution in [0.2, 0.25) is 0 Å². The molecule has 5 heteroatoms. The van der Waals surface area contributed by atoms with E-state index in [4.69, 9.17) is 0 Å². The van der Waals surface area contributed by atoms with Crippen molar-refractivity contribution in [2.75, 3.05) is 17.2 Å². The molecule has 0 aliphatic carbocycles. The molecule has 23 heavy (non-hydrogen) atoms.